The van der Waals surface area contributed by atoms with Crippen molar-refractivity contribution >= 4 is 11.0 Å². The predicted molar refractivity (Wildman–Crippen MR) is 73.9 cm³/mol. The minimum absolute atomic E-state index is 0.267. The Balaban J connectivity index is 2.23. The SMILES string of the molecule is CC(O)(c1ccccc1C(F)(F)F)n1ncc2ncccc21. The molecule has 0 aliphatic carbocycles. The second-order valence-electron chi connectivity index (χ2n) is 5.03. The van der Waals surface area contributed by atoms with Gasteiger partial charge in [0.1, 0.15) is 5.52 Å². The van der Waals surface area contributed by atoms with Crippen LogP contribution in [0.3, 0.4) is 0 Å². The van der Waals surface area contributed by atoms with Crippen LogP contribution in [0.15, 0.2) is 48.8 Å². The fourth-order valence-corrected chi connectivity index (χ4v) is 2.47. The zero-order valence-electron chi connectivity index (χ0n) is 11.5. The molecule has 0 bridgehead atoms. The van der Waals surface area contributed by atoms with E-state index in [4.69, 9.17) is 0 Å². The van der Waals surface area contributed by atoms with Crippen LogP contribution in [0.5, 0.6) is 0 Å². The minimum atomic E-state index is -4.57. The molecule has 3 rings (SSSR count). The summed E-state index contributed by atoms with van der Waals surface area (Å²) in [5.74, 6) is 0. The first-order chi connectivity index (χ1) is 10.3. The Morgan fingerprint density at radius 1 is 1.05 bits per heavy atom. The van der Waals surface area contributed by atoms with Crippen LogP contribution in [0.2, 0.25) is 0 Å². The van der Waals surface area contributed by atoms with Crippen LogP contribution in [0.1, 0.15) is 18.1 Å². The maximum atomic E-state index is 13.2. The molecule has 4 nitrogen and oxygen atoms in total. The third-order valence-electron chi connectivity index (χ3n) is 3.50. The van der Waals surface area contributed by atoms with Gasteiger partial charge in [-0.15, -0.1) is 0 Å². The Labute approximate surface area is 123 Å². The Kier molecular flexibility index (Phi) is 3.17. The second kappa shape index (κ2) is 4.81. The molecule has 114 valence electrons. The van der Waals surface area contributed by atoms with Gasteiger partial charge >= 0.3 is 6.18 Å². The molecule has 0 fully saturated rings. The van der Waals surface area contributed by atoms with Crippen LogP contribution >= 0.6 is 0 Å². The first-order valence-corrected chi connectivity index (χ1v) is 6.50. The van der Waals surface area contributed by atoms with E-state index in [0.29, 0.717) is 11.0 Å². The standard InChI is InChI=1S/C15H12F3N3O/c1-14(22,10-5-2-3-6-11(10)15(16,17)18)21-13-7-4-8-19-12(13)9-20-21/h2-9,22H,1H3. The largest absolute Gasteiger partial charge is 0.416 e. The van der Waals surface area contributed by atoms with Gasteiger partial charge in [-0.3, -0.25) is 4.98 Å². The lowest BCUT2D eigenvalue weighted by atomic mass is 9.98. The highest BCUT2D eigenvalue weighted by atomic mass is 19.4. The van der Waals surface area contributed by atoms with Crippen LogP contribution in [-0.2, 0) is 11.9 Å². The molecule has 0 aliphatic heterocycles. The molecule has 7 heteroatoms. The normalized spacial score (nSPS) is 15.0. The van der Waals surface area contributed by atoms with Crippen molar-refractivity contribution in [1.82, 2.24) is 14.8 Å². The highest BCUT2D eigenvalue weighted by molar-refractivity contribution is 5.74. The molecule has 1 atom stereocenters. The number of hydrogen-bond donors (Lipinski definition) is 1. The van der Waals surface area contributed by atoms with Crippen molar-refractivity contribution < 1.29 is 18.3 Å². The van der Waals surface area contributed by atoms with Gasteiger partial charge in [-0.05, 0) is 25.1 Å². The van der Waals surface area contributed by atoms with E-state index in [0.717, 1.165) is 10.7 Å². The molecule has 3 aromatic rings. The molecule has 0 radical (unpaired) electrons. The monoisotopic (exact) mass is 307 g/mol. The third-order valence-corrected chi connectivity index (χ3v) is 3.50. The van der Waals surface area contributed by atoms with Gasteiger partial charge in [-0.1, -0.05) is 18.2 Å². The molecule has 1 aromatic carbocycles. The molecule has 0 saturated heterocycles. The highest BCUT2D eigenvalue weighted by Crippen LogP contribution is 2.37. The van der Waals surface area contributed by atoms with Gasteiger partial charge in [-0.2, -0.15) is 18.3 Å². The number of alkyl halides is 3. The van der Waals surface area contributed by atoms with Crippen LogP contribution in [0.4, 0.5) is 13.2 Å². The first kappa shape index (κ1) is 14.5. The van der Waals surface area contributed by atoms with E-state index in [9.17, 15) is 18.3 Å². The van der Waals surface area contributed by atoms with E-state index in [1.165, 1.54) is 31.3 Å². The third kappa shape index (κ3) is 2.23. The summed E-state index contributed by atoms with van der Waals surface area (Å²) in [6, 6.07) is 8.18. The van der Waals surface area contributed by atoms with E-state index in [-0.39, 0.29) is 5.56 Å². The summed E-state index contributed by atoms with van der Waals surface area (Å²) < 4.78 is 40.7. The predicted octanol–water partition coefficient (Wildman–Crippen LogP) is 3.16. The smallest absolute Gasteiger partial charge is 0.366 e. The zero-order chi connectivity index (χ0) is 16.0. The molecule has 1 unspecified atom stereocenters. The lowest BCUT2D eigenvalue weighted by Crippen LogP contribution is -2.34. The van der Waals surface area contributed by atoms with E-state index < -0.39 is 17.5 Å². The van der Waals surface area contributed by atoms with Crippen molar-refractivity contribution in [3.05, 3.63) is 59.9 Å². The van der Waals surface area contributed by atoms with Crippen LogP contribution < -0.4 is 0 Å². The Hall–Kier alpha value is -2.41. The number of hydrogen-bond acceptors (Lipinski definition) is 3. The topological polar surface area (TPSA) is 50.9 Å². The second-order valence-corrected chi connectivity index (χ2v) is 5.03. The quantitative estimate of drug-likeness (QED) is 0.791. The molecular formula is C15H12F3N3O. The van der Waals surface area contributed by atoms with Crippen molar-refractivity contribution in [2.75, 3.05) is 0 Å². The fourth-order valence-electron chi connectivity index (χ4n) is 2.47. The van der Waals surface area contributed by atoms with Crippen molar-refractivity contribution in [2.24, 2.45) is 0 Å². The van der Waals surface area contributed by atoms with E-state index in [1.54, 1.807) is 18.3 Å². The maximum absolute atomic E-state index is 13.2. The number of aromatic nitrogens is 3. The van der Waals surface area contributed by atoms with Gasteiger partial charge in [0, 0.05) is 11.8 Å². The molecule has 0 amide bonds. The van der Waals surface area contributed by atoms with Crippen molar-refractivity contribution in [2.45, 2.75) is 18.8 Å². The number of rotatable bonds is 2. The fraction of sp³-hybridized carbons (Fsp3) is 0.200. The van der Waals surface area contributed by atoms with Crippen molar-refractivity contribution in [3.8, 4) is 0 Å². The highest BCUT2D eigenvalue weighted by Gasteiger charge is 2.40. The van der Waals surface area contributed by atoms with Gasteiger partial charge in [-0.25, -0.2) is 4.68 Å². The number of benzene rings is 1. The molecule has 2 heterocycles. The van der Waals surface area contributed by atoms with Crippen molar-refractivity contribution in [1.29, 1.82) is 0 Å². The van der Waals surface area contributed by atoms with Crippen LogP contribution in [-0.4, -0.2) is 19.9 Å². The molecule has 0 spiro atoms. The summed E-state index contributed by atoms with van der Waals surface area (Å²) in [5.41, 5.74) is -2.18. The molecule has 0 aliphatic rings. The number of fused-ring (bicyclic) bond motifs is 1. The number of nitrogens with zero attached hydrogens (tertiary/aromatic N) is 3. The number of halogens is 3. The van der Waals surface area contributed by atoms with Gasteiger partial charge in [0.2, 0.25) is 0 Å². The van der Waals surface area contributed by atoms with E-state index >= 15 is 0 Å². The minimum Gasteiger partial charge on any atom is -0.366 e. The summed E-state index contributed by atoms with van der Waals surface area (Å²) in [5, 5.41) is 14.8. The average Bonchev–Trinajstić information content (AvgIpc) is 2.91. The van der Waals surface area contributed by atoms with Gasteiger partial charge in [0.15, 0.2) is 5.72 Å². The Morgan fingerprint density at radius 2 is 1.73 bits per heavy atom. The summed E-state index contributed by atoms with van der Waals surface area (Å²) in [7, 11) is 0. The van der Waals surface area contributed by atoms with E-state index in [1.807, 2.05) is 0 Å². The number of aliphatic hydroxyl groups is 1. The zero-order valence-corrected chi connectivity index (χ0v) is 11.5. The lowest BCUT2D eigenvalue weighted by molar-refractivity contribution is -0.141. The summed E-state index contributed by atoms with van der Waals surface area (Å²) in [6.45, 7) is 1.27. The molecule has 0 saturated carbocycles. The van der Waals surface area contributed by atoms with Gasteiger partial charge in [0.05, 0.1) is 17.3 Å². The lowest BCUT2D eigenvalue weighted by Gasteiger charge is -2.28. The van der Waals surface area contributed by atoms with Gasteiger partial charge in [0.25, 0.3) is 0 Å². The summed E-state index contributed by atoms with van der Waals surface area (Å²) >= 11 is 0. The Bertz CT molecular complexity index is 824. The summed E-state index contributed by atoms with van der Waals surface area (Å²) in [6.07, 6.45) is -1.62. The molecule has 2 aromatic heterocycles. The average molecular weight is 307 g/mol. The van der Waals surface area contributed by atoms with Crippen LogP contribution in [0.25, 0.3) is 11.0 Å². The maximum Gasteiger partial charge on any atom is 0.416 e. The molecular weight excluding hydrogens is 295 g/mol. The number of pyridine rings is 1. The molecule has 1 N–H and O–H groups in total. The van der Waals surface area contributed by atoms with Crippen LogP contribution in [0, 0.1) is 0 Å². The van der Waals surface area contributed by atoms with Crippen molar-refractivity contribution in [3.63, 3.8) is 0 Å². The molecule has 22 heavy (non-hydrogen) atoms. The van der Waals surface area contributed by atoms with Gasteiger partial charge < -0.3 is 5.11 Å². The summed E-state index contributed by atoms with van der Waals surface area (Å²) in [4.78, 5) is 4.06. The Morgan fingerprint density at radius 3 is 2.41 bits per heavy atom. The first-order valence-electron chi connectivity index (χ1n) is 6.50. The van der Waals surface area contributed by atoms with E-state index in [2.05, 4.69) is 10.1 Å².